The van der Waals surface area contributed by atoms with Crippen molar-refractivity contribution in [3.63, 3.8) is 0 Å². The molecule has 0 unspecified atom stereocenters. The highest BCUT2D eigenvalue weighted by Crippen LogP contribution is 2.07. The summed E-state index contributed by atoms with van der Waals surface area (Å²) in [6, 6.07) is 3.06. The van der Waals surface area contributed by atoms with Crippen molar-refractivity contribution in [2.24, 2.45) is 5.73 Å². The Balaban J connectivity index is 0.00000225. The topological polar surface area (TPSA) is 94.0 Å². The maximum absolute atomic E-state index is 11.2. The molecule has 1 heterocycles. The van der Waals surface area contributed by atoms with E-state index >= 15 is 0 Å². The molecule has 0 radical (unpaired) electrons. The van der Waals surface area contributed by atoms with Gasteiger partial charge in [0.2, 0.25) is 5.91 Å². The number of pyridine rings is 1. The SMILES string of the molecule is Cc1nc(N)ccc1CNC(=O)[C@H](C)N.Cl. The van der Waals surface area contributed by atoms with Crippen LogP contribution in [0, 0.1) is 6.92 Å². The van der Waals surface area contributed by atoms with Crippen molar-refractivity contribution in [1.29, 1.82) is 0 Å². The first-order valence-corrected chi connectivity index (χ1v) is 4.76. The number of aromatic nitrogens is 1. The largest absolute Gasteiger partial charge is 0.384 e. The maximum Gasteiger partial charge on any atom is 0.236 e. The van der Waals surface area contributed by atoms with E-state index in [0.29, 0.717) is 12.4 Å². The molecule has 1 atom stereocenters. The van der Waals surface area contributed by atoms with Crippen molar-refractivity contribution in [2.75, 3.05) is 5.73 Å². The standard InChI is InChI=1S/C10H16N4O.ClH/c1-6(11)10(15)13-5-8-3-4-9(12)14-7(8)2;/h3-4,6H,5,11H2,1-2H3,(H2,12,14)(H,13,15);1H/t6-;/m0./s1. The predicted octanol–water partition coefficient (Wildman–Crippen LogP) is 0.357. The van der Waals surface area contributed by atoms with Crippen molar-refractivity contribution < 1.29 is 4.79 Å². The minimum atomic E-state index is -0.493. The van der Waals surface area contributed by atoms with Gasteiger partial charge < -0.3 is 16.8 Å². The number of nitrogens with zero attached hydrogens (tertiary/aromatic N) is 1. The van der Waals surface area contributed by atoms with E-state index in [4.69, 9.17) is 11.5 Å². The van der Waals surface area contributed by atoms with Crippen LogP contribution in [0.1, 0.15) is 18.2 Å². The molecule has 0 saturated carbocycles. The number of nitrogens with two attached hydrogens (primary N) is 2. The second-order valence-corrected chi connectivity index (χ2v) is 3.49. The molecule has 1 aromatic heterocycles. The van der Waals surface area contributed by atoms with Crippen molar-refractivity contribution in [1.82, 2.24) is 10.3 Å². The molecule has 0 aliphatic heterocycles. The van der Waals surface area contributed by atoms with Gasteiger partial charge in [-0.3, -0.25) is 4.79 Å². The summed E-state index contributed by atoms with van der Waals surface area (Å²) in [6.07, 6.45) is 0. The van der Waals surface area contributed by atoms with Gasteiger partial charge in [0.15, 0.2) is 0 Å². The van der Waals surface area contributed by atoms with Crippen molar-refractivity contribution in [3.05, 3.63) is 23.4 Å². The summed E-state index contributed by atoms with van der Waals surface area (Å²) in [5.41, 5.74) is 12.7. The van der Waals surface area contributed by atoms with E-state index in [2.05, 4.69) is 10.3 Å². The average molecular weight is 245 g/mol. The summed E-state index contributed by atoms with van der Waals surface area (Å²) in [5, 5.41) is 2.71. The van der Waals surface area contributed by atoms with Crippen LogP contribution in [0.15, 0.2) is 12.1 Å². The van der Waals surface area contributed by atoms with Crippen LogP contribution < -0.4 is 16.8 Å². The van der Waals surface area contributed by atoms with Crippen LogP contribution in [0.5, 0.6) is 0 Å². The van der Waals surface area contributed by atoms with Gasteiger partial charge in [0.25, 0.3) is 0 Å². The van der Waals surface area contributed by atoms with Crippen LogP contribution in [0.25, 0.3) is 0 Å². The zero-order valence-corrected chi connectivity index (χ0v) is 10.2. The fourth-order valence-corrected chi connectivity index (χ4v) is 1.14. The van der Waals surface area contributed by atoms with Crippen molar-refractivity contribution >= 4 is 24.1 Å². The first-order chi connectivity index (χ1) is 7.00. The molecule has 1 amide bonds. The molecule has 1 aromatic rings. The van der Waals surface area contributed by atoms with E-state index in [9.17, 15) is 4.79 Å². The lowest BCUT2D eigenvalue weighted by Gasteiger charge is -2.09. The number of hydrogen-bond donors (Lipinski definition) is 3. The summed E-state index contributed by atoms with van der Waals surface area (Å²) >= 11 is 0. The molecular weight excluding hydrogens is 228 g/mol. The normalized spacial score (nSPS) is 11.4. The number of aryl methyl sites for hydroxylation is 1. The number of halogens is 1. The van der Waals surface area contributed by atoms with Crippen LogP contribution in [0.3, 0.4) is 0 Å². The van der Waals surface area contributed by atoms with E-state index in [1.807, 2.05) is 13.0 Å². The maximum atomic E-state index is 11.2. The van der Waals surface area contributed by atoms with Gasteiger partial charge in [-0.15, -0.1) is 12.4 Å². The summed E-state index contributed by atoms with van der Waals surface area (Å²) in [6.45, 7) is 3.92. The molecular formula is C10H17ClN4O. The van der Waals surface area contributed by atoms with Crippen LogP contribution in [-0.4, -0.2) is 16.9 Å². The minimum absolute atomic E-state index is 0. The van der Waals surface area contributed by atoms with Gasteiger partial charge in [-0.25, -0.2) is 4.98 Å². The number of carbonyl (C=O) groups is 1. The van der Waals surface area contributed by atoms with Crippen LogP contribution in [-0.2, 0) is 11.3 Å². The molecule has 0 aliphatic rings. The number of amides is 1. The van der Waals surface area contributed by atoms with Gasteiger partial charge in [0.1, 0.15) is 5.82 Å². The Morgan fingerprint density at radius 1 is 1.56 bits per heavy atom. The molecule has 1 rings (SSSR count). The lowest BCUT2D eigenvalue weighted by molar-refractivity contribution is -0.122. The first-order valence-electron chi connectivity index (χ1n) is 4.76. The third kappa shape index (κ3) is 4.04. The monoisotopic (exact) mass is 244 g/mol. The smallest absolute Gasteiger partial charge is 0.236 e. The highest BCUT2D eigenvalue weighted by Gasteiger charge is 2.07. The van der Waals surface area contributed by atoms with E-state index in [-0.39, 0.29) is 18.3 Å². The second kappa shape index (κ2) is 6.30. The van der Waals surface area contributed by atoms with Crippen molar-refractivity contribution in [2.45, 2.75) is 26.4 Å². The van der Waals surface area contributed by atoms with Gasteiger partial charge in [-0.05, 0) is 25.5 Å². The zero-order chi connectivity index (χ0) is 11.4. The fourth-order valence-electron chi connectivity index (χ4n) is 1.14. The molecule has 0 fully saturated rings. The molecule has 0 saturated heterocycles. The second-order valence-electron chi connectivity index (χ2n) is 3.49. The van der Waals surface area contributed by atoms with E-state index in [1.165, 1.54) is 0 Å². The molecule has 0 spiro atoms. The highest BCUT2D eigenvalue weighted by atomic mass is 35.5. The molecule has 0 bridgehead atoms. The lowest BCUT2D eigenvalue weighted by Crippen LogP contribution is -2.37. The number of carbonyl (C=O) groups excluding carboxylic acids is 1. The third-order valence-electron chi connectivity index (χ3n) is 2.08. The Labute approximate surface area is 101 Å². The fraction of sp³-hybridized carbons (Fsp3) is 0.400. The molecule has 6 heteroatoms. The Kier molecular flexibility index (Phi) is 5.77. The third-order valence-corrected chi connectivity index (χ3v) is 2.08. The van der Waals surface area contributed by atoms with Crippen LogP contribution >= 0.6 is 12.4 Å². The molecule has 5 N–H and O–H groups in total. The number of nitrogens with one attached hydrogen (secondary N) is 1. The predicted molar refractivity (Wildman–Crippen MR) is 66.1 cm³/mol. The summed E-state index contributed by atoms with van der Waals surface area (Å²) in [7, 11) is 0. The summed E-state index contributed by atoms with van der Waals surface area (Å²) in [4.78, 5) is 15.3. The Morgan fingerprint density at radius 2 is 2.19 bits per heavy atom. The molecule has 0 aromatic carbocycles. The van der Waals surface area contributed by atoms with E-state index < -0.39 is 6.04 Å². The molecule has 90 valence electrons. The Hall–Kier alpha value is -1.33. The average Bonchev–Trinajstić information content (AvgIpc) is 2.15. The van der Waals surface area contributed by atoms with Gasteiger partial charge in [-0.2, -0.15) is 0 Å². The minimum Gasteiger partial charge on any atom is -0.384 e. The van der Waals surface area contributed by atoms with Gasteiger partial charge in [-0.1, -0.05) is 6.07 Å². The summed E-state index contributed by atoms with van der Waals surface area (Å²) < 4.78 is 0. The Bertz CT molecular complexity index is 368. The number of anilines is 1. The Morgan fingerprint density at radius 3 is 2.69 bits per heavy atom. The van der Waals surface area contributed by atoms with Gasteiger partial charge >= 0.3 is 0 Å². The first kappa shape index (κ1) is 14.7. The van der Waals surface area contributed by atoms with E-state index in [0.717, 1.165) is 11.3 Å². The summed E-state index contributed by atoms with van der Waals surface area (Å²) in [5.74, 6) is 0.306. The van der Waals surface area contributed by atoms with Crippen LogP contribution in [0.4, 0.5) is 5.82 Å². The van der Waals surface area contributed by atoms with Crippen LogP contribution in [0.2, 0.25) is 0 Å². The highest BCUT2D eigenvalue weighted by molar-refractivity contribution is 5.85. The quantitative estimate of drug-likeness (QED) is 0.716. The molecule has 5 nitrogen and oxygen atoms in total. The number of nitrogen functional groups attached to an aromatic ring is 1. The zero-order valence-electron chi connectivity index (χ0n) is 9.36. The molecule has 0 aliphatic carbocycles. The van der Waals surface area contributed by atoms with Gasteiger partial charge in [0, 0.05) is 12.2 Å². The lowest BCUT2D eigenvalue weighted by atomic mass is 10.2. The number of rotatable bonds is 3. The van der Waals surface area contributed by atoms with Gasteiger partial charge in [0.05, 0.1) is 6.04 Å². The molecule has 16 heavy (non-hydrogen) atoms. The van der Waals surface area contributed by atoms with E-state index in [1.54, 1.807) is 13.0 Å². The van der Waals surface area contributed by atoms with Crippen molar-refractivity contribution in [3.8, 4) is 0 Å². The number of hydrogen-bond acceptors (Lipinski definition) is 4.